The summed E-state index contributed by atoms with van der Waals surface area (Å²) >= 11 is 0. The molecule has 0 aliphatic rings. The van der Waals surface area contributed by atoms with E-state index in [1.165, 1.54) is 0 Å². The fourth-order valence-electron chi connectivity index (χ4n) is 2.64. The third-order valence-corrected chi connectivity index (χ3v) is 5.86. The first kappa shape index (κ1) is 17.6. The molecule has 1 heterocycles. The van der Waals surface area contributed by atoms with Crippen LogP contribution in [0, 0.1) is 27.7 Å². The molecule has 0 bridgehead atoms. The van der Waals surface area contributed by atoms with Crippen molar-refractivity contribution in [2.45, 2.75) is 39.1 Å². The second-order valence-electron chi connectivity index (χ2n) is 5.87. The minimum Gasteiger partial charge on any atom is -0.496 e. The van der Waals surface area contributed by atoms with Crippen molar-refractivity contribution in [3.63, 3.8) is 0 Å². The molecule has 0 aliphatic carbocycles. The minimum absolute atomic E-state index is 0.278. The van der Waals surface area contributed by atoms with Crippen molar-refractivity contribution in [2.24, 2.45) is 7.05 Å². The van der Waals surface area contributed by atoms with Gasteiger partial charge in [-0.15, -0.1) is 0 Å². The number of nitrogens with one attached hydrogen (secondary N) is 1. The van der Waals surface area contributed by atoms with Gasteiger partial charge in [0, 0.05) is 25.0 Å². The highest BCUT2D eigenvalue weighted by Crippen LogP contribution is 2.25. The van der Waals surface area contributed by atoms with E-state index in [-0.39, 0.29) is 6.54 Å². The van der Waals surface area contributed by atoms with Gasteiger partial charge < -0.3 is 9.30 Å². The molecule has 0 radical (unpaired) electrons. The van der Waals surface area contributed by atoms with Gasteiger partial charge in [0.15, 0.2) is 0 Å². The number of hydrogen-bond acceptors (Lipinski definition) is 3. The van der Waals surface area contributed by atoms with Crippen LogP contribution < -0.4 is 9.46 Å². The van der Waals surface area contributed by atoms with E-state index in [1.54, 1.807) is 26.2 Å². The second-order valence-corrected chi connectivity index (χ2v) is 7.60. The molecule has 1 aromatic heterocycles. The first-order valence-electron chi connectivity index (χ1n) is 7.44. The first-order valence-corrected chi connectivity index (χ1v) is 8.92. The molecular formula is C17H24N2O3S. The van der Waals surface area contributed by atoms with Gasteiger partial charge in [-0.2, -0.15) is 0 Å². The number of methoxy groups -OCH3 is 1. The Hall–Kier alpha value is -1.79. The molecule has 1 N–H and O–H groups in total. The molecule has 0 unspecified atom stereocenters. The summed E-state index contributed by atoms with van der Waals surface area (Å²) in [6.07, 6.45) is 0. The zero-order valence-corrected chi connectivity index (χ0v) is 15.3. The van der Waals surface area contributed by atoms with Crippen LogP contribution in [0.1, 0.15) is 28.1 Å². The summed E-state index contributed by atoms with van der Waals surface area (Å²) in [7, 11) is -0.0218. The Labute approximate surface area is 138 Å². The molecule has 0 amide bonds. The van der Waals surface area contributed by atoms with Crippen molar-refractivity contribution < 1.29 is 13.2 Å². The largest absolute Gasteiger partial charge is 0.496 e. The Balaban J connectivity index is 2.29. The topological polar surface area (TPSA) is 60.3 Å². The Bertz CT molecular complexity index is 836. The molecule has 6 heteroatoms. The fraction of sp³-hybridized carbons (Fsp3) is 0.412. The number of sulfonamides is 1. The SMILES string of the molecule is COc1cc(C)c(S(=O)(=O)NCc2cc(C)n(C)c2C)cc1C. The molecule has 0 saturated carbocycles. The van der Waals surface area contributed by atoms with Crippen LogP contribution in [0.2, 0.25) is 0 Å². The molecular weight excluding hydrogens is 312 g/mol. The van der Waals surface area contributed by atoms with E-state index in [9.17, 15) is 8.42 Å². The number of rotatable bonds is 5. The number of aromatic nitrogens is 1. The van der Waals surface area contributed by atoms with E-state index in [0.717, 1.165) is 22.5 Å². The molecule has 5 nitrogen and oxygen atoms in total. The highest BCUT2D eigenvalue weighted by atomic mass is 32.2. The summed E-state index contributed by atoms with van der Waals surface area (Å²) in [5, 5.41) is 0. The molecule has 0 aliphatic heterocycles. The minimum atomic E-state index is -3.57. The molecule has 0 spiro atoms. The Kier molecular flexibility index (Phi) is 4.87. The number of benzene rings is 1. The number of aryl methyl sites for hydroxylation is 3. The maximum atomic E-state index is 12.6. The highest BCUT2D eigenvalue weighted by Gasteiger charge is 2.19. The van der Waals surface area contributed by atoms with E-state index in [2.05, 4.69) is 4.72 Å². The van der Waals surface area contributed by atoms with Crippen LogP contribution in [0.4, 0.5) is 0 Å². The van der Waals surface area contributed by atoms with Crippen LogP contribution in [-0.2, 0) is 23.6 Å². The van der Waals surface area contributed by atoms with Gasteiger partial charge in [0.05, 0.1) is 12.0 Å². The van der Waals surface area contributed by atoms with Gasteiger partial charge in [-0.05, 0) is 62.6 Å². The van der Waals surface area contributed by atoms with Crippen LogP contribution >= 0.6 is 0 Å². The maximum absolute atomic E-state index is 12.6. The third-order valence-electron chi connectivity index (χ3n) is 4.31. The van der Waals surface area contributed by atoms with Gasteiger partial charge in [-0.25, -0.2) is 13.1 Å². The van der Waals surface area contributed by atoms with Crippen LogP contribution in [0.3, 0.4) is 0 Å². The number of nitrogens with zero attached hydrogens (tertiary/aromatic N) is 1. The summed E-state index contributed by atoms with van der Waals surface area (Å²) in [6, 6.07) is 5.41. The molecule has 0 saturated heterocycles. The van der Waals surface area contributed by atoms with E-state index in [0.29, 0.717) is 16.2 Å². The molecule has 0 fully saturated rings. The van der Waals surface area contributed by atoms with Crippen LogP contribution in [0.25, 0.3) is 0 Å². The van der Waals surface area contributed by atoms with Gasteiger partial charge in [-0.1, -0.05) is 0 Å². The van der Waals surface area contributed by atoms with Crippen molar-refractivity contribution in [1.29, 1.82) is 0 Å². The Morgan fingerprint density at radius 2 is 1.74 bits per heavy atom. The third kappa shape index (κ3) is 3.43. The second kappa shape index (κ2) is 6.37. The van der Waals surface area contributed by atoms with Gasteiger partial charge in [0.1, 0.15) is 5.75 Å². The predicted octanol–water partition coefficient (Wildman–Crippen LogP) is 2.75. The first-order chi connectivity index (χ1) is 10.7. The lowest BCUT2D eigenvalue weighted by Gasteiger charge is -2.13. The quantitative estimate of drug-likeness (QED) is 0.913. The molecule has 1 aromatic carbocycles. The van der Waals surface area contributed by atoms with Gasteiger partial charge >= 0.3 is 0 Å². The lowest BCUT2D eigenvalue weighted by atomic mass is 10.1. The average molecular weight is 336 g/mol. The van der Waals surface area contributed by atoms with E-state index in [4.69, 9.17) is 4.74 Å². The van der Waals surface area contributed by atoms with E-state index in [1.807, 2.05) is 38.5 Å². The van der Waals surface area contributed by atoms with E-state index < -0.39 is 10.0 Å². The van der Waals surface area contributed by atoms with Crippen molar-refractivity contribution in [2.75, 3.05) is 7.11 Å². The molecule has 2 rings (SSSR count). The van der Waals surface area contributed by atoms with Crippen molar-refractivity contribution in [1.82, 2.24) is 9.29 Å². The zero-order chi connectivity index (χ0) is 17.4. The monoisotopic (exact) mass is 336 g/mol. The lowest BCUT2D eigenvalue weighted by Crippen LogP contribution is -2.24. The molecule has 0 atom stereocenters. The van der Waals surface area contributed by atoms with Crippen molar-refractivity contribution in [3.8, 4) is 5.75 Å². The highest BCUT2D eigenvalue weighted by molar-refractivity contribution is 7.89. The summed E-state index contributed by atoms with van der Waals surface area (Å²) in [5.41, 5.74) is 4.61. The molecule has 2 aromatic rings. The molecule has 23 heavy (non-hydrogen) atoms. The summed E-state index contributed by atoms with van der Waals surface area (Å²) in [4.78, 5) is 0.293. The molecule has 126 valence electrons. The van der Waals surface area contributed by atoms with Crippen LogP contribution in [-0.4, -0.2) is 20.1 Å². The smallest absolute Gasteiger partial charge is 0.241 e. The predicted molar refractivity (Wildman–Crippen MR) is 91.4 cm³/mol. The van der Waals surface area contributed by atoms with Gasteiger partial charge in [0.2, 0.25) is 10.0 Å². The van der Waals surface area contributed by atoms with Gasteiger partial charge in [-0.3, -0.25) is 0 Å². The normalized spacial score (nSPS) is 11.7. The number of hydrogen-bond donors (Lipinski definition) is 1. The van der Waals surface area contributed by atoms with Crippen LogP contribution in [0.15, 0.2) is 23.1 Å². The summed E-state index contributed by atoms with van der Waals surface area (Å²) in [5.74, 6) is 0.691. The lowest BCUT2D eigenvalue weighted by molar-refractivity contribution is 0.411. The standard InChI is InChI=1S/C17H24N2O3S/c1-11-8-17(12(2)7-16(11)22-6)23(20,21)18-10-15-9-13(3)19(5)14(15)4/h7-9,18H,10H2,1-6H3. The van der Waals surface area contributed by atoms with Crippen molar-refractivity contribution in [3.05, 3.63) is 46.3 Å². The summed E-state index contributed by atoms with van der Waals surface area (Å²) in [6.45, 7) is 7.87. The van der Waals surface area contributed by atoms with Crippen LogP contribution in [0.5, 0.6) is 5.75 Å². The zero-order valence-electron chi connectivity index (χ0n) is 14.5. The van der Waals surface area contributed by atoms with Crippen molar-refractivity contribution >= 4 is 10.0 Å². The Morgan fingerprint density at radius 1 is 1.09 bits per heavy atom. The number of ether oxygens (including phenoxy) is 1. The average Bonchev–Trinajstić information content (AvgIpc) is 2.74. The maximum Gasteiger partial charge on any atom is 0.241 e. The fourth-order valence-corrected chi connectivity index (χ4v) is 3.95. The Morgan fingerprint density at radius 3 is 2.26 bits per heavy atom. The summed E-state index contributed by atoms with van der Waals surface area (Å²) < 4.78 is 35.2. The van der Waals surface area contributed by atoms with Gasteiger partial charge in [0.25, 0.3) is 0 Å². The van der Waals surface area contributed by atoms with E-state index >= 15 is 0 Å².